The number of aryl methyl sites for hydroxylation is 2. The van der Waals surface area contributed by atoms with Gasteiger partial charge in [-0.15, -0.1) is 0 Å². The number of rotatable bonds is 7. The van der Waals surface area contributed by atoms with Crippen LogP contribution in [0.1, 0.15) is 22.5 Å². The summed E-state index contributed by atoms with van der Waals surface area (Å²) in [5.41, 5.74) is 6.60. The van der Waals surface area contributed by atoms with Crippen molar-refractivity contribution in [2.75, 3.05) is 13.6 Å². The summed E-state index contributed by atoms with van der Waals surface area (Å²) >= 11 is 0. The zero-order valence-corrected chi connectivity index (χ0v) is 18.8. The van der Waals surface area contributed by atoms with E-state index in [0.29, 0.717) is 6.54 Å². The van der Waals surface area contributed by atoms with Crippen molar-refractivity contribution in [1.29, 1.82) is 0 Å². The topological polar surface area (TPSA) is 72.1 Å². The van der Waals surface area contributed by atoms with Crippen LogP contribution >= 0.6 is 0 Å². The van der Waals surface area contributed by atoms with E-state index >= 15 is 0 Å². The van der Waals surface area contributed by atoms with Gasteiger partial charge in [0.1, 0.15) is 0 Å². The maximum atomic E-state index is 4.63. The number of benzene rings is 2. The third-order valence-electron chi connectivity index (χ3n) is 5.26. The molecule has 4 aromatic rings. The number of guanidine groups is 1. The molecule has 7 nitrogen and oxygen atoms in total. The molecule has 0 spiro atoms. The van der Waals surface area contributed by atoms with E-state index in [1.54, 1.807) is 7.05 Å². The molecule has 4 rings (SSSR count). The van der Waals surface area contributed by atoms with Crippen LogP contribution in [0.2, 0.25) is 0 Å². The Morgan fingerprint density at radius 2 is 1.78 bits per heavy atom. The molecule has 2 N–H and O–H groups in total. The first-order valence-electron chi connectivity index (χ1n) is 10.8. The van der Waals surface area contributed by atoms with Gasteiger partial charge >= 0.3 is 0 Å². The van der Waals surface area contributed by atoms with Crippen molar-refractivity contribution in [2.24, 2.45) is 4.99 Å². The standard InChI is InChI=1S/C25H29N7/c1-19-15-20(2)32(30-19)24-12-8-7-9-22(24)17-28-25(26-3)27-14-13-21-16-29-31(18-21)23-10-5-4-6-11-23/h4-12,15-16,18H,13-14,17H2,1-3H3,(H2,26,27,28). The first-order valence-corrected chi connectivity index (χ1v) is 10.8. The molecule has 0 unspecified atom stereocenters. The highest BCUT2D eigenvalue weighted by Gasteiger charge is 2.09. The van der Waals surface area contributed by atoms with Crippen LogP contribution in [0.25, 0.3) is 11.4 Å². The number of hydrogen-bond acceptors (Lipinski definition) is 3. The molecule has 0 fully saturated rings. The molecule has 0 amide bonds. The van der Waals surface area contributed by atoms with Gasteiger partial charge in [-0.3, -0.25) is 4.99 Å². The number of hydrogen-bond donors (Lipinski definition) is 2. The van der Waals surface area contributed by atoms with Gasteiger partial charge in [0.15, 0.2) is 5.96 Å². The van der Waals surface area contributed by atoms with Gasteiger partial charge in [0.05, 0.1) is 23.3 Å². The van der Waals surface area contributed by atoms with Crippen LogP contribution in [-0.4, -0.2) is 39.1 Å². The average molecular weight is 428 g/mol. The van der Waals surface area contributed by atoms with Gasteiger partial charge in [0.25, 0.3) is 0 Å². The minimum absolute atomic E-state index is 0.653. The zero-order chi connectivity index (χ0) is 22.3. The molecule has 0 bridgehead atoms. The Hall–Kier alpha value is -3.87. The van der Waals surface area contributed by atoms with Gasteiger partial charge in [0.2, 0.25) is 0 Å². The number of aromatic nitrogens is 4. The molecule has 0 aliphatic rings. The molecule has 0 aliphatic carbocycles. The Morgan fingerprint density at radius 3 is 2.53 bits per heavy atom. The summed E-state index contributed by atoms with van der Waals surface area (Å²) in [6.07, 6.45) is 4.84. The van der Waals surface area contributed by atoms with E-state index in [1.807, 2.05) is 64.9 Å². The number of nitrogens with zero attached hydrogens (tertiary/aromatic N) is 5. The predicted octanol–water partition coefficient (Wildman–Crippen LogP) is 3.58. The molecule has 2 aromatic heterocycles. The lowest BCUT2D eigenvalue weighted by Crippen LogP contribution is -2.38. The van der Waals surface area contributed by atoms with Crippen molar-refractivity contribution >= 4 is 5.96 Å². The summed E-state index contributed by atoms with van der Waals surface area (Å²) in [6, 6.07) is 20.5. The van der Waals surface area contributed by atoms with E-state index in [4.69, 9.17) is 0 Å². The summed E-state index contributed by atoms with van der Waals surface area (Å²) < 4.78 is 3.89. The second-order valence-corrected chi connectivity index (χ2v) is 7.70. The van der Waals surface area contributed by atoms with Crippen molar-refractivity contribution in [1.82, 2.24) is 30.2 Å². The molecule has 0 aliphatic heterocycles. The molecular formula is C25H29N7. The smallest absolute Gasteiger partial charge is 0.191 e. The van der Waals surface area contributed by atoms with E-state index in [0.717, 1.165) is 47.3 Å². The second-order valence-electron chi connectivity index (χ2n) is 7.70. The summed E-state index contributed by atoms with van der Waals surface area (Å²) in [4.78, 5) is 4.36. The Morgan fingerprint density at radius 1 is 1.00 bits per heavy atom. The normalized spacial score (nSPS) is 11.5. The van der Waals surface area contributed by atoms with Crippen LogP contribution in [0.5, 0.6) is 0 Å². The maximum absolute atomic E-state index is 4.63. The van der Waals surface area contributed by atoms with E-state index in [2.05, 4.69) is 57.1 Å². The first kappa shape index (κ1) is 21.4. The highest BCUT2D eigenvalue weighted by Crippen LogP contribution is 2.17. The number of nitrogens with one attached hydrogen (secondary N) is 2. The average Bonchev–Trinajstić information content (AvgIpc) is 3.42. The van der Waals surface area contributed by atoms with Crippen LogP contribution in [0, 0.1) is 13.8 Å². The van der Waals surface area contributed by atoms with Crippen LogP contribution < -0.4 is 10.6 Å². The summed E-state index contributed by atoms with van der Waals surface area (Å²) in [6.45, 7) is 5.50. The van der Waals surface area contributed by atoms with Gasteiger partial charge < -0.3 is 10.6 Å². The van der Waals surface area contributed by atoms with E-state index in [9.17, 15) is 0 Å². The van der Waals surface area contributed by atoms with Crippen molar-refractivity contribution in [3.8, 4) is 11.4 Å². The van der Waals surface area contributed by atoms with E-state index in [1.165, 1.54) is 5.56 Å². The van der Waals surface area contributed by atoms with Gasteiger partial charge in [-0.05, 0) is 55.7 Å². The highest BCUT2D eigenvalue weighted by molar-refractivity contribution is 5.79. The van der Waals surface area contributed by atoms with Crippen LogP contribution in [-0.2, 0) is 13.0 Å². The van der Waals surface area contributed by atoms with Gasteiger partial charge in [-0.1, -0.05) is 36.4 Å². The van der Waals surface area contributed by atoms with Crippen molar-refractivity contribution in [3.05, 3.63) is 95.6 Å². The Balaban J connectivity index is 1.33. The van der Waals surface area contributed by atoms with Gasteiger partial charge in [-0.25, -0.2) is 9.36 Å². The molecule has 0 radical (unpaired) electrons. The third-order valence-corrected chi connectivity index (χ3v) is 5.26. The van der Waals surface area contributed by atoms with Crippen LogP contribution in [0.15, 0.2) is 78.0 Å². The zero-order valence-electron chi connectivity index (χ0n) is 18.8. The molecule has 164 valence electrons. The summed E-state index contributed by atoms with van der Waals surface area (Å²) in [7, 11) is 1.79. The van der Waals surface area contributed by atoms with Crippen molar-refractivity contribution in [2.45, 2.75) is 26.8 Å². The van der Waals surface area contributed by atoms with Gasteiger partial charge in [-0.2, -0.15) is 10.2 Å². The van der Waals surface area contributed by atoms with Crippen LogP contribution in [0.4, 0.5) is 0 Å². The largest absolute Gasteiger partial charge is 0.356 e. The van der Waals surface area contributed by atoms with Crippen molar-refractivity contribution in [3.63, 3.8) is 0 Å². The minimum atomic E-state index is 0.653. The lowest BCUT2D eigenvalue weighted by molar-refractivity contribution is 0.775. The SMILES string of the molecule is CN=C(NCCc1cnn(-c2ccccc2)c1)NCc1ccccc1-n1nc(C)cc1C. The summed E-state index contributed by atoms with van der Waals surface area (Å²) in [5.74, 6) is 0.767. The Kier molecular flexibility index (Phi) is 6.65. The molecular weight excluding hydrogens is 398 g/mol. The first-order chi connectivity index (χ1) is 15.6. The second kappa shape index (κ2) is 9.96. The van der Waals surface area contributed by atoms with Gasteiger partial charge in [0, 0.05) is 32.0 Å². The predicted molar refractivity (Wildman–Crippen MR) is 129 cm³/mol. The molecule has 7 heteroatoms. The monoisotopic (exact) mass is 427 g/mol. The van der Waals surface area contributed by atoms with Crippen molar-refractivity contribution < 1.29 is 0 Å². The Labute approximate surface area is 188 Å². The highest BCUT2D eigenvalue weighted by atomic mass is 15.3. The van der Waals surface area contributed by atoms with Crippen LogP contribution in [0.3, 0.4) is 0 Å². The molecule has 2 aromatic carbocycles. The maximum Gasteiger partial charge on any atom is 0.191 e. The third kappa shape index (κ3) is 5.06. The lowest BCUT2D eigenvalue weighted by Gasteiger charge is -2.15. The van der Waals surface area contributed by atoms with E-state index < -0.39 is 0 Å². The lowest BCUT2D eigenvalue weighted by atomic mass is 10.1. The quantitative estimate of drug-likeness (QED) is 0.349. The number of para-hydroxylation sites is 2. The molecule has 2 heterocycles. The number of aliphatic imine (C=N–C) groups is 1. The molecule has 32 heavy (non-hydrogen) atoms. The fourth-order valence-electron chi connectivity index (χ4n) is 3.68. The molecule has 0 atom stereocenters. The fourth-order valence-corrected chi connectivity index (χ4v) is 3.68. The fraction of sp³-hybridized carbons (Fsp3) is 0.240. The Bertz CT molecular complexity index is 1190. The molecule has 0 saturated heterocycles. The summed E-state index contributed by atoms with van der Waals surface area (Å²) in [5, 5.41) is 15.9. The van der Waals surface area contributed by atoms with E-state index in [-0.39, 0.29) is 0 Å². The molecule has 0 saturated carbocycles. The minimum Gasteiger partial charge on any atom is -0.356 e.